The summed E-state index contributed by atoms with van der Waals surface area (Å²) in [7, 11) is 0. The van der Waals surface area contributed by atoms with Crippen molar-refractivity contribution in [1.29, 1.82) is 0 Å². The Bertz CT molecular complexity index is 1230. The third-order valence-corrected chi connectivity index (χ3v) is 5.54. The lowest BCUT2D eigenvalue weighted by Gasteiger charge is -2.11. The van der Waals surface area contributed by atoms with Crippen molar-refractivity contribution in [3.05, 3.63) is 83.7 Å². The number of nitrogens with one attached hydrogen (secondary N) is 2. The molecule has 162 valence electrons. The third kappa shape index (κ3) is 4.62. The van der Waals surface area contributed by atoms with Crippen LogP contribution in [0.4, 0.5) is 5.82 Å². The summed E-state index contributed by atoms with van der Waals surface area (Å²) >= 11 is 1.51. The summed E-state index contributed by atoms with van der Waals surface area (Å²) in [6, 6.07) is 17.5. The van der Waals surface area contributed by atoms with Gasteiger partial charge in [0.2, 0.25) is 11.6 Å². The summed E-state index contributed by atoms with van der Waals surface area (Å²) < 4.78 is 6.03. The summed E-state index contributed by atoms with van der Waals surface area (Å²) in [5.41, 5.74) is 14.4. The van der Waals surface area contributed by atoms with Gasteiger partial charge in [0.1, 0.15) is 0 Å². The molecule has 1 amide bonds. The van der Waals surface area contributed by atoms with Crippen LogP contribution in [0, 0.1) is 6.92 Å². The van der Waals surface area contributed by atoms with Gasteiger partial charge in [-0.2, -0.15) is 4.68 Å². The number of nitrogen functional groups attached to an aromatic ring is 1. The molecule has 4 rings (SSSR count). The van der Waals surface area contributed by atoms with Crippen molar-refractivity contribution < 1.29 is 9.42 Å². The number of aryl methyl sites for hydroxylation is 1. The maximum Gasteiger partial charge on any atom is 0.292 e. The number of thioether (sulfide) groups is 1. The lowest BCUT2D eigenvalue weighted by molar-refractivity contribution is 0.0936. The fourth-order valence-electron chi connectivity index (χ4n) is 2.80. The second-order valence-corrected chi connectivity index (χ2v) is 7.84. The highest BCUT2D eigenvalue weighted by Gasteiger charge is 2.24. The molecular weight excluding hydrogens is 428 g/mol. The first-order chi connectivity index (χ1) is 15.5. The molecule has 32 heavy (non-hydrogen) atoms. The summed E-state index contributed by atoms with van der Waals surface area (Å²) in [6.07, 6.45) is 0. The molecule has 4 aromatic rings. The Hall–Kier alpha value is -4.12. The van der Waals surface area contributed by atoms with Crippen molar-refractivity contribution in [3.8, 4) is 5.82 Å². The highest BCUT2D eigenvalue weighted by Crippen LogP contribution is 2.25. The molecular formula is C21H20N8O2S. The van der Waals surface area contributed by atoms with Crippen molar-refractivity contribution >= 4 is 29.2 Å². The Morgan fingerprint density at radius 2 is 1.88 bits per heavy atom. The van der Waals surface area contributed by atoms with E-state index in [2.05, 4.69) is 42.7 Å². The van der Waals surface area contributed by atoms with Gasteiger partial charge in [0, 0.05) is 10.6 Å². The number of anilines is 1. The first-order valence-corrected chi connectivity index (χ1v) is 10.5. The van der Waals surface area contributed by atoms with Crippen molar-refractivity contribution in [2.75, 3.05) is 5.73 Å². The number of hydrogen-bond acceptors (Lipinski definition) is 9. The van der Waals surface area contributed by atoms with Crippen molar-refractivity contribution in [3.63, 3.8) is 0 Å². The number of hydrogen-bond donors (Lipinski definition) is 3. The molecule has 2 aromatic carbocycles. The third-order valence-electron chi connectivity index (χ3n) is 4.52. The molecule has 10 nitrogen and oxygen atoms in total. The monoisotopic (exact) mass is 448 g/mol. The Morgan fingerprint density at radius 1 is 1.12 bits per heavy atom. The van der Waals surface area contributed by atoms with E-state index in [-0.39, 0.29) is 17.3 Å². The van der Waals surface area contributed by atoms with Crippen LogP contribution in [0.25, 0.3) is 11.5 Å². The molecule has 0 saturated heterocycles. The average molecular weight is 449 g/mol. The standard InChI is InChI=1S/C21H20N8O2S/c1-13-8-10-15(11-9-13)14(2)23-25-21(30)18-17(12-32-16-6-4-3-5-7-16)29(28-24-18)20-19(22)26-31-27-20/h3-11,23H,2,12H2,1H3,(H2,22,26)(H,25,30). The van der Waals surface area contributed by atoms with Gasteiger partial charge in [0.25, 0.3) is 5.91 Å². The highest BCUT2D eigenvalue weighted by atomic mass is 32.2. The van der Waals surface area contributed by atoms with Crippen LogP contribution in [0.2, 0.25) is 0 Å². The smallest absolute Gasteiger partial charge is 0.292 e. The van der Waals surface area contributed by atoms with E-state index in [0.29, 0.717) is 17.1 Å². The minimum Gasteiger partial charge on any atom is -0.378 e. The van der Waals surface area contributed by atoms with E-state index in [9.17, 15) is 4.79 Å². The largest absolute Gasteiger partial charge is 0.378 e. The van der Waals surface area contributed by atoms with Crippen LogP contribution in [0.15, 0.2) is 70.7 Å². The molecule has 0 bridgehead atoms. The van der Waals surface area contributed by atoms with Crippen molar-refractivity contribution in [1.82, 2.24) is 36.2 Å². The lowest BCUT2D eigenvalue weighted by Crippen LogP contribution is -2.36. The van der Waals surface area contributed by atoms with Gasteiger partial charge in [-0.05, 0) is 34.9 Å². The van der Waals surface area contributed by atoms with Gasteiger partial charge >= 0.3 is 0 Å². The number of rotatable bonds is 8. The molecule has 0 atom stereocenters. The van der Waals surface area contributed by atoms with E-state index in [4.69, 9.17) is 5.73 Å². The van der Waals surface area contributed by atoms with Gasteiger partial charge in [-0.1, -0.05) is 59.8 Å². The molecule has 0 aliphatic heterocycles. The van der Waals surface area contributed by atoms with Crippen LogP contribution in [0.1, 0.15) is 27.3 Å². The summed E-state index contributed by atoms with van der Waals surface area (Å²) in [5, 5.41) is 15.4. The number of nitrogens with zero attached hydrogens (tertiary/aromatic N) is 5. The van der Waals surface area contributed by atoms with E-state index in [1.54, 1.807) is 0 Å². The normalized spacial score (nSPS) is 10.7. The van der Waals surface area contributed by atoms with Crippen LogP contribution in [0.3, 0.4) is 0 Å². The van der Waals surface area contributed by atoms with Crippen molar-refractivity contribution in [2.24, 2.45) is 0 Å². The van der Waals surface area contributed by atoms with E-state index < -0.39 is 5.91 Å². The SMILES string of the molecule is C=C(NNC(=O)c1nnn(-c2nonc2N)c1CSc1ccccc1)c1ccc(C)cc1. The Morgan fingerprint density at radius 3 is 2.56 bits per heavy atom. The molecule has 11 heteroatoms. The number of benzene rings is 2. The summed E-state index contributed by atoms with van der Waals surface area (Å²) in [5.74, 6) is 0.101. The fourth-order valence-corrected chi connectivity index (χ4v) is 3.71. The molecule has 0 unspecified atom stereocenters. The first kappa shape index (κ1) is 21.1. The van der Waals surface area contributed by atoms with E-state index in [1.807, 2.05) is 61.5 Å². The van der Waals surface area contributed by atoms with Crippen LogP contribution in [0.5, 0.6) is 0 Å². The minimum atomic E-state index is -0.483. The van der Waals surface area contributed by atoms with Gasteiger partial charge in [-0.25, -0.2) is 4.63 Å². The van der Waals surface area contributed by atoms with E-state index in [0.717, 1.165) is 16.0 Å². The van der Waals surface area contributed by atoms with E-state index in [1.165, 1.54) is 16.4 Å². The molecule has 0 radical (unpaired) electrons. The Labute approximate surface area is 187 Å². The molecule has 0 aliphatic carbocycles. The van der Waals surface area contributed by atoms with Crippen LogP contribution in [-0.4, -0.2) is 31.2 Å². The molecule has 0 fully saturated rings. The second kappa shape index (κ2) is 9.35. The van der Waals surface area contributed by atoms with E-state index >= 15 is 0 Å². The van der Waals surface area contributed by atoms with Crippen LogP contribution >= 0.6 is 11.8 Å². The number of carbonyl (C=O) groups is 1. The molecule has 0 aliphatic rings. The molecule has 4 N–H and O–H groups in total. The van der Waals surface area contributed by atoms with Gasteiger partial charge in [-0.15, -0.1) is 16.9 Å². The topological polar surface area (TPSA) is 137 Å². The number of hydrazine groups is 1. The fraction of sp³-hybridized carbons (Fsp3) is 0.0952. The van der Waals surface area contributed by atoms with Crippen LogP contribution < -0.4 is 16.6 Å². The second-order valence-electron chi connectivity index (χ2n) is 6.80. The maximum absolute atomic E-state index is 12.9. The number of nitrogens with two attached hydrogens (primary N) is 1. The number of carbonyl (C=O) groups excluding carboxylic acids is 1. The molecule has 0 saturated carbocycles. The molecule has 2 heterocycles. The zero-order chi connectivity index (χ0) is 22.5. The zero-order valence-corrected chi connectivity index (χ0v) is 18.0. The quantitative estimate of drug-likeness (QED) is 0.274. The Kier molecular flexibility index (Phi) is 6.17. The predicted octanol–water partition coefficient (Wildman–Crippen LogP) is 2.74. The van der Waals surface area contributed by atoms with Crippen molar-refractivity contribution in [2.45, 2.75) is 17.6 Å². The van der Waals surface area contributed by atoms with Gasteiger partial charge in [-0.3, -0.25) is 15.6 Å². The molecule has 2 aromatic heterocycles. The number of aromatic nitrogens is 5. The highest BCUT2D eigenvalue weighted by molar-refractivity contribution is 7.98. The minimum absolute atomic E-state index is 0.0405. The lowest BCUT2D eigenvalue weighted by atomic mass is 10.1. The van der Waals surface area contributed by atoms with Gasteiger partial charge < -0.3 is 5.73 Å². The summed E-state index contributed by atoms with van der Waals surface area (Å²) in [6.45, 7) is 5.95. The number of amides is 1. The van der Waals surface area contributed by atoms with Gasteiger partial charge in [0.15, 0.2) is 5.69 Å². The molecule has 0 spiro atoms. The van der Waals surface area contributed by atoms with Crippen LogP contribution in [-0.2, 0) is 5.75 Å². The average Bonchev–Trinajstić information content (AvgIpc) is 3.42. The maximum atomic E-state index is 12.9. The zero-order valence-electron chi connectivity index (χ0n) is 17.1. The predicted molar refractivity (Wildman–Crippen MR) is 120 cm³/mol. The summed E-state index contributed by atoms with van der Waals surface area (Å²) in [4.78, 5) is 13.9. The van der Waals surface area contributed by atoms with Gasteiger partial charge in [0.05, 0.1) is 11.4 Å². The first-order valence-electron chi connectivity index (χ1n) is 9.56. The Balaban J connectivity index is 1.54.